The lowest BCUT2D eigenvalue weighted by Crippen LogP contribution is -1.86. The maximum absolute atomic E-state index is 8.37. The summed E-state index contributed by atoms with van der Waals surface area (Å²) in [6.07, 6.45) is 0. The lowest BCUT2D eigenvalue weighted by molar-refractivity contribution is 1.02. The van der Waals surface area contributed by atoms with E-state index in [1.54, 1.807) is 12.1 Å². The number of hydrogen-bond acceptors (Lipinski definition) is 3. The average molecular weight is 185 g/mol. The number of nitrogens with zero attached hydrogens (tertiary/aromatic N) is 5. The maximum Gasteiger partial charge on any atom is 0.0934 e. The lowest BCUT2D eigenvalue weighted by Gasteiger charge is -1.99. The molecule has 0 bridgehead atoms. The fourth-order valence-electron chi connectivity index (χ4n) is 1.28. The first-order valence-electron chi connectivity index (χ1n) is 4.09. The van der Waals surface area contributed by atoms with Crippen molar-refractivity contribution in [3.05, 3.63) is 40.4 Å². The first-order chi connectivity index (χ1) is 6.81. The van der Waals surface area contributed by atoms with Crippen LogP contribution in [0.1, 0.15) is 5.69 Å². The van der Waals surface area contributed by atoms with Crippen molar-refractivity contribution in [1.29, 1.82) is 0 Å². The van der Waals surface area contributed by atoms with Crippen LogP contribution in [0.2, 0.25) is 0 Å². The fourth-order valence-corrected chi connectivity index (χ4v) is 1.28. The smallest absolute Gasteiger partial charge is 0.0934 e. The van der Waals surface area contributed by atoms with E-state index in [2.05, 4.69) is 20.2 Å². The Kier molecular flexibility index (Phi) is 2.01. The molecular formula is C9H7N5. The van der Waals surface area contributed by atoms with E-state index in [0.29, 0.717) is 5.69 Å². The summed E-state index contributed by atoms with van der Waals surface area (Å²) in [7, 11) is 0. The zero-order valence-electron chi connectivity index (χ0n) is 7.55. The molecule has 0 aliphatic rings. The van der Waals surface area contributed by atoms with E-state index in [1.807, 2.05) is 19.1 Å². The molecular weight excluding hydrogens is 178 g/mol. The van der Waals surface area contributed by atoms with Crippen molar-refractivity contribution in [2.45, 2.75) is 6.92 Å². The third-order valence-corrected chi connectivity index (χ3v) is 1.88. The molecule has 5 nitrogen and oxygen atoms in total. The molecule has 0 N–H and O–H groups in total. The minimum absolute atomic E-state index is 0.586. The molecule has 0 unspecified atom stereocenters. The molecule has 2 rings (SSSR count). The highest BCUT2D eigenvalue weighted by Gasteiger charge is 2.00. The van der Waals surface area contributed by atoms with E-state index >= 15 is 0 Å². The number of benzene rings is 1. The second-order valence-corrected chi connectivity index (χ2v) is 2.89. The van der Waals surface area contributed by atoms with Gasteiger partial charge in [-0.25, -0.2) is 0 Å². The molecule has 1 aromatic heterocycles. The SMILES string of the molecule is Cc1cc2c(N=[N+]=[N-])cccc2nn1. The second-order valence-electron chi connectivity index (χ2n) is 2.89. The number of fused-ring (bicyclic) bond motifs is 1. The van der Waals surface area contributed by atoms with Gasteiger partial charge in [0.05, 0.1) is 11.2 Å². The van der Waals surface area contributed by atoms with E-state index < -0.39 is 0 Å². The van der Waals surface area contributed by atoms with E-state index in [1.165, 1.54) is 0 Å². The molecule has 0 radical (unpaired) electrons. The number of hydrogen-bond donors (Lipinski definition) is 0. The fraction of sp³-hybridized carbons (Fsp3) is 0.111. The van der Waals surface area contributed by atoms with Crippen molar-refractivity contribution in [1.82, 2.24) is 10.2 Å². The van der Waals surface area contributed by atoms with E-state index in [-0.39, 0.29) is 0 Å². The second kappa shape index (κ2) is 3.32. The van der Waals surface area contributed by atoms with Crippen molar-refractivity contribution in [3.8, 4) is 0 Å². The Morgan fingerprint density at radius 3 is 3.00 bits per heavy atom. The normalized spacial score (nSPS) is 9.79. The van der Waals surface area contributed by atoms with Crippen molar-refractivity contribution in [3.63, 3.8) is 0 Å². The van der Waals surface area contributed by atoms with Crippen LogP contribution in [0.25, 0.3) is 21.3 Å². The van der Waals surface area contributed by atoms with Crippen LogP contribution in [0.3, 0.4) is 0 Å². The van der Waals surface area contributed by atoms with Crippen LogP contribution in [0.15, 0.2) is 29.4 Å². The maximum atomic E-state index is 8.37. The van der Waals surface area contributed by atoms with Crippen LogP contribution >= 0.6 is 0 Å². The quantitative estimate of drug-likeness (QED) is 0.389. The van der Waals surface area contributed by atoms with Gasteiger partial charge in [-0.15, -0.1) is 0 Å². The third-order valence-electron chi connectivity index (χ3n) is 1.88. The van der Waals surface area contributed by atoms with Gasteiger partial charge >= 0.3 is 0 Å². The third kappa shape index (κ3) is 1.36. The zero-order valence-corrected chi connectivity index (χ0v) is 7.55. The van der Waals surface area contributed by atoms with E-state index in [0.717, 1.165) is 16.6 Å². The molecule has 0 saturated heterocycles. The lowest BCUT2D eigenvalue weighted by atomic mass is 10.2. The van der Waals surface area contributed by atoms with Gasteiger partial charge in [0.15, 0.2) is 0 Å². The monoisotopic (exact) mass is 185 g/mol. The number of aromatic nitrogens is 2. The number of rotatable bonds is 1. The molecule has 14 heavy (non-hydrogen) atoms. The molecule has 0 aliphatic carbocycles. The van der Waals surface area contributed by atoms with Gasteiger partial charge in [0.25, 0.3) is 0 Å². The molecule has 68 valence electrons. The predicted octanol–water partition coefficient (Wildman–Crippen LogP) is 2.88. The topological polar surface area (TPSA) is 74.5 Å². The average Bonchev–Trinajstić information content (AvgIpc) is 2.19. The van der Waals surface area contributed by atoms with Crippen LogP contribution in [0, 0.1) is 6.92 Å². The summed E-state index contributed by atoms with van der Waals surface area (Å²) in [6.45, 7) is 1.85. The summed E-state index contributed by atoms with van der Waals surface area (Å²) in [5, 5.41) is 12.3. The minimum Gasteiger partial charge on any atom is -0.155 e. The molecule has 0 amide bonds. The molecule has 0 spiro atoms. The number of azide groups is 1. The molecule has 1 aromatic carbocycles. The Morgan fingerprint density at radius 2 is 2.21 bits per heavy atom. The molecule has 0 atom stereocenters. The summed E-state index contributed by atoms with van der Waals surface area (Å²) < 4.78 is 0. The minimum atomic E-state index is 0.586. The van der Waals surface area contributed by atoms with Crippen LogP contribution in [-0.4, -0.2) is 10.2 Å². The summed E-state index contributed by atoms with van der Waals surface area (Å²) in [5.41, 5.74) is 10.5. The summed E-state index contributed by atoms with van der Waals surface area (Å²) in [5.74, 6) is 0. The number of aryl methyl sites for hydroxylation is 1. The Labute approximate surface area is 80.0 Å². The zero-order chi connectivity index (χ0) is 9.97. The summed E-state index contributed by atoms with van der Waals surface area (Å²) >= 11 is 0. The van der Waals surface area contributed by atoms with Gasteiger partial charge in [0.2, 0.25) is 0 Å². The van der Waals surface area contributed by atoms with Gasteiger partial charge < -0.3 is 0 Å². The standard InChI is InChI=1S/C9H7N5/c1-6-5-7-8(12-11-6)3-2-4-9(7)13-14-10/h2-5H,1H3. The highest BCUT2D eigenvalue weighted by atomic mass is 15.1. The van der Waals surface area contributed by atoms with Crippen molar-refractivity contribution in [2.75, 3.05) is 0 Å². The van der Waals surface area contributed by atoms with E-state index in [4.69, 9.17) is 5.53 Å². The predicted molar refractivity (Wildman–Crippen MR) is 53.1 cm³/mol. The van der Waals surface area contributed by atoms with Gasteiger partial charge in [0.1, 0.15) is 0 Å². The van der Waals surface area contributed by atoms with Crippen molar-refractivity contribution < 1.29 is 0 Å². The molecule has 2 aromatic rings. The Morgan fingerprint density at radius 1 is 1.36 bits per heavy atom. The van der Waals surface area contributed by atoms with Crippen LogP contribution in [0.4, 0.5) is 5.69 Å². The van der Waals surface area contributed by atoms with Crippen LogP contribution in [-0.2, 0) is 0 Å². The molecule has 0 fully saturated rings. The highest BCUT2D eigenvalue weighted by Crippen LogP contribution is 2.24. The van der Waals surface area contributed by atoms with E-state index in [9.17, 15) is 0 Å². The van der Waals surface area contributed by atoms with Gasteiger partial charge in [-0.1, -0.05) is 17.2 Å². The molecule has 5 heteroatoms. The summed E-state index contributed by atoms with van der Waals surface area (Å²) in [6, 6.07) is 7.23. The van der Waals surface area contributed by atoms with Crippen LogP contribution < -0.4 is 0 Å². The Hall–Kier alpha value is -2.13. The molecule has 0 aliphatic heterocycles. The van der Waals surface area contributed by atoms with Crippen molar-refractivity contribution in [2.24, 2.45) is 5.11 Å². The first-order valence-corrected chi connectivity index (χ1v) is 4.09. The Balaban J connectivity index is 2.83. The summed E-state index contributed by atoms with van der Waals surface area (Å²) in [4.78, 5) is 2.76. The van der Waals surface area contributed by atoms with Gasteiger partial charge in [-0.3, -0.25) is 0 Å². The van der Waals surface area contributed by atoms with Gasteiger partial charge in [0, 0.05) is 16.0 Å². The largest absolute Gasteiger partial charge is 0.155 e. The molecule has 1 heterocycles. The van der Waals surface area contributed by atoms with Gasteiger partial charge in [-0.05, 0) is 24.6 Å². The molecule has 0 saturated carbocycles. The van der Waals surface area contributed by atoms with Gasteiger partial charge in [-0.2, -0.15) is 10.2 Å². The van der Waals surface area contributed by atoms with Crippen molar-refractivity contribution >= 4 is 16.6 Å². The van der Waals surface area contributed by atoms with Crippen LogP contribution in [0.5, 0.6) is 0 Å². The highest BCUT2D eigenvalue weighted by molar-refractivity contribution is 5.89. The Bertz CT molecular complexity index is 528. The first kappa shape index (κ1) is 8.47.